The predicted molar refractivity (Wildman–Crippen MR) is 78.8 cm³/mol. The van der Waals surface area contributed by atoms with Gasteiger partial charge in [0.15, 0.2) is 0 Å². The van der Waals surface area contributed by atoms with Crippen LogP contribution in [0.1, 0.15) is 39.5 Å². The molecule has 0 amide bonds. The molecule has 0 aromatic heterocycles. The van der Waals surface area contributed by atoms with Crippen molar-refractivity contribution in [1.82, 2.24) is 0 Å². The van der Waals surface area contributed by atoms with E-state index >= 15 is 0 Å². The molecule has 0 spiro atoms. The Morgan fingerprint density at radius 3 is 2.50 bits per heavy atom. The van der Waals surface area contributed by atoms with Crippen LogP contribution in [0.4, 0.5) is 0 Å². The van der Waals surface area contributed by atoms with Gasteiger partial charge in [0.25, 0.3) is 0 Å². The number of rotatable bonds is 6. The summed E-state index contributed by atoms with van der Waals surface area (Å²) in [7, 11) is -2.94. The fraction of sp³-hybridized carbons (Fsp3) is 1.00. The molecule has 0 bridgehead atoms. The first kappa shape index (κ1) is 16.3. The third-order valence-electron chi connectivity index (χ3n) is 3.56. The van der Waals surface area contributed by atoms with Crippen molar-refractivity contribution < 1.29 is 13.5 Å². The molecule has 3 atom stereocenters. The second kappa shape index (κ2) is 7.15. The Hall–Kier alpha value is 0.260. The summed E-state index contributed by atoms with van der Waals surface area (Å²) in [4.78, 5) is 0. The van der Waals surface area contributed by atoms with Crippen molar-refractivity contribution in [2.75, 3.05) is 17.8 Å². The summed E-state index contributed by atoms with van der Waals surface area (Å²) in [6, 6.07) is 0. The highest BCUT2D eigenvalue weighted by molar-refractivity contribution is 7.99. The molecule has 1 aliphatic rings. The van der Waals surface area contributed by atoms with Crippen molar-refractivity contribution in [3.63, 3.8) is 0 Å². The SMILES string of the molecule is CC(C)CSCC(O)C1CCCC(S(C)(=O)=O)C1. The van der Waals surface area contributed by atoms with E-state index in [0.717, 1.165) is 30.8 Å². The fourth-order valence-electron chi connectivity index (χ4n) is 2.48. The fourth-order valence-corrected chi connectivity index (χ4v) is 4.79. The second-order valence-corrected chi connectivity index (χ2v) is 9.28. The number of hydrogen-bond acceptors (Lipinski definition) is 4. The zero-order valence-electron chi connectivity index (χ0n) is 11.6. The molecular weight excluding hydrogens is 268 g/mol. The van der Waals surface area contributed by atoms with E-state index in [0.29, 0.717) is 12.3 Å². The van der Waals surface area contributed by atoms with Gasteiger partial charge in [-0.2, -0.15) is 11.8 Å². The van der Waals surface area contributed by atoms with E-state index < -0.39 is 9.84 Å². The molecule has 0 saturated heterocycles. The van der Waals surface area contributed by atoms with Crippen LogP contribution in [-0.2, 0) is 9.84 Å². The van der Waals surface area contributed by atoms with Crippen LogP contribution in [0.15, 0.2) is 0 Å². The van der Waals surface area contributed by atoms with Crippen molar-refractivity contribution >= 4 is 21.6 Å². The lowest BCUT2D eigenvalue weighted by atomic mass is 9.85. The maximum atomic E-state index is 11.6. The molecular formula is C13H26O3S2. The van der Waals surface area contributed by atoms with Crippen molar-refractivity contribution in [3.05, 3.63) is 0 Å². The molecule has 3 nitrogen and oxygen atoms in total. The third kappa shape index (κ3) is 5.49. The van der Waals surface area contributed by atoms with Crippen LogP contribution in [0.5, 0.6) is 0 Å². The lowest BCUT2D eigenvalue weighted by molar-refractivity contribution is 0.106. The van der Waals surface area contributed by atoms with Gasteiger partial charge < -0.3 is 5.11 Å². The minimum absolute atomic E-state index is 0.165. The van der Waals surface area contributed by atoms with Crippen molar-refractivity contribution in [2.45, 2.75) is 50.9 Å². The molecule has 1 N–H and O–H groups in total. The molecule has 1 fully saturated rings. The van der Waals surface area contributed by atoms with E-state index in [1.54, 1.807) is 11.8 Å². The molecule has 3 unspecified atom stereocenters. The van der Waals surface area contributed by atoms with Crippen LogP contribution >= 0.6 is 11.8 Å². The van der Waals surface area contributed by atoms with Gasteiger partial charge in [0.05, 0.1) is 11.4 Å². The normalized spacial score (nSPS) is 27.4. The zero-order chi connectivity index (χ0) is 13.8. The average Bonchev–Trinajstić information content (AvgIpc) is 2.27. The predicted octanol–water partition coefficient (Wildman–Crippen LogP) is 2.34. The summed E-state index contributed by atoms with van der Waals surface area (Å²) in [6.45, 7) is 4.33. The van der Waals surface area contributed by atoms with E-state index in [4.69, 9.17) is 0 Å². The van der Waals surface area contributed by atoms with E-state index in [-0.39, 0.29) is 17.3 Å². The summed E-state index contributed by atoms with van der Waals surface area (Å²) >= 11 is 1.77. The number of sulfone groups is 1. The van der Waals surface area contributed by atoms with Gasteiger partial charge in [-0.05, 0) is 36.9 Å². The quantitative estimate of drug-likeness (QED) is 0.817. The number of thioether (sulfide) groups is 1. The van der Waals surface area contributed by atoms with Gasteiger partial charge in [-0.1, -0.05) is 20.3 Å². The molecule has 108 valence electrons. The molecule has 0 aromatic carbocycles. The first-order valence-corrected chi connectivity index (χ1v) is 9.86. The smallest absolute Gasteiger partial charge is 0.150 e. The Labute approximate surface area is 116 Å². The lowest BCUT2D eigenvalue weighted by Crippen LogP contribution is -2.34. The zero-order valence-corrected chi connectivity index (χ0v) is 13.3. The Bertz CT molecular complexity index is 338. The summed E-state index contributed by atoms with van der Waals surface area (Å²) < 4.78 is 23.1. The van der Waals surface area contributed by atoms with Crippen LogP contribution in [-0.4, -0.2) is 42.6 Å². The van der Waals surface area contributed by atoms with Crippen LogP contribution in [0.25, 0.3) is 0 Å². The minimum Gasteiger partial charge on any atom is -0.392 e. The minimum atomic E-state index is -2.94. The molecule has 0 radical (unpaired) electrons. The number of hydrogen-bond donors (Lipinski definition) is 1. The molecule has 1 aliphatic carbocycles. The monoisotopic (exact) mass is 294 g/mol. The molecule has 0 heterocycles. The Balaban J connectivity index is 2.41. The second-order valence-electron chi connectivity index (χ2n) is 5.88. The van der Waals surface area contributed by atoms with Crippen molar-refractivity contribution in [1.29, 1.82) is 0 Å². The largest absolute Gasteiger partial charge is 0.392 e. The van der Waals surface area contributed by atoms with E-state index in [2.05, 4.69) is 13.8 Å². The number of aliphatic hydroxyl groups is 1. The van der Waals surface area contributed by atoms with Gasteiger partial charge in [-0.3, -0.25) is 0 Å². The summed E-state index contributed by atoms with van der Waals surface area (Å²) in [5.41, 5.74) is 0. The highest BCUT2D eigenvalue weighted by Gasteiger charge is 2.32. The average molecular weight is 294 g/mol. The number of aliphatic hydroxyl groups excluding tert-OH is 1. The lowest BCUT2D eigenvalue weighted by Gasteiger charge is -2.31. The highest BCUT2D eigenvalue weighted by Crippen LogP contribution is 2.31. The van der Waals surface area contributed by atoms with Gasteiger partial charge in [-0.15, -0.1) is 0 Å². The van der Waals surface area contributed by atoms with E-state index in [1.807, 2.05) is 0 Å². The molecule has 0 aromatic rings. The van der Waals surface area contributed by atoms with Crippen LogP contribution < -0.4 is 0 Å². The van der Waals surface area contributed by atoms with Gasteiger partial charge >= 0.3 is 0 Å². The standard InChI is InChI=1S/C13H26O3S2/c1-10(2)8-17-9-13(14)11-5-4-6-12(7-11)18(3,15)16/h10-14H,4-9H2,1-3H3. The first-order valence-electron chi connectivity index (χ1n) is 6.75. The molecule has 1 saturated carbocycles. The third-order valence-corrected chi connectivity index (χ3v) is 6.67. The maximum absolute atomic E-state index is 11.6. The van der Waals surface area contributed by atoms with Gasteiger partial charge in [0.2, 0.25) is 0 Å². The Kier molecular flexibility index (Phi) is 6.48. The van der Waals surface area contributed by atoms with Gasteiger partial charge in [-0.25, -0.2) is 8.42 Å². The summed E-state index contributed by atoms with van der Waals surface area (Å²) in [5.74, 6) is 2.59. The van der Waals surface area contributed by atoms with Crippen molar-refractivity contribution in [3.8, 4) is 0 Å². The van der Waals surface area contributed by atoms with Gasteiger partial charge in [0, 0.05) is 12.0 Å². The van der Waals surface area contributed by atoms with E-state index in [1.165, 1.54) is 6.26 Å². The Morgan fingerprint density at radius 1 is 1.28 bits per heavy atom. The summed E-state index contributed by atoms with van der Waals surface area (Å²) in [5, 5.41) is 9.92. The van der Waals surface area contributed by atoms with Gasteiger partial charge in [0.1, 0.15) is 9.84 Å². The molecule has 5 heteroatoms. The topological polar surface area (TPSA) is 54.4 Å². The van der Waals surface area contributed by atoms with Crippen LogP contribution in [0, 0.1) is 11.8 Å². The Morgan fingerprint density at radius 2 is 1.94 bits per heavy atom. The molecule has 1 rings (SSSR count). The maximum Gasteiger partial charge on any atom is 0.150 e. The van der Waals surface area contributed by atoms with Crippen LogP contribution in [0.3, 0.4) is 0 Å². The summed E-state index contributed by atoms with van der Waals surface area (Å²) in [6.07, 6.45) is 4.27. The molecule has 18 heavy (non-hydrogen) atoms. The first-order chi connectivity index (χ1) is 8.30. The van der Waals surface area contributed by atoms with E-state index in [9.17, 15) is 13.5 Å². The molecule has 0 aliphatic heterocycles. The van der Waals surface area contributed by atoms with Crippen LogP contribution in [0.2, 0.25) is 0 Å². The van der Waals surface area contributed by atoms with Crippen molar-refractivity contribution in [2.24, 2.45) is 11.8 Å². The highest BCUT2D eigenvalue weighted by atomic mass is 32.2.